The van der Waals surface area contributed by atoms with Gasteiger partial charge in [-0.15, -0.1) is 0 Å². The zero-order valence-electron chi connectivity index (χ0n) is 20.5. The van der Waals surface area contributed by atoms with E-state index in [0.717, 1.165) is 17.8 Å². The minimum Gasteiger partial charge on any atom is -0.481 e. The van der Waals surface area contributed by atoms with E-state index >= 15 is 0 Å². The highest BCUT2D eigenvalue weighted by Gasteiger charge is 2.50. The Morgan fingerprint density at radius 3 is 2.39 bits per heavy atom. The largest absolute Gasteiger partial charge is 0.481 e. The number of hydrogen-bond donors (Lipinski definition) is 2. The zero-order valence-corrected chi connectivity index (χ0v) is 20.5. The van der Waals surface area contributed by atoms with E-state index in [1.165, 1.54) is 38.5 Å². The SMILES string of the molecule is O=C(NCC12CC3CC(CC(C3)C1)C2)c1cccc2nc(C(CC(=O)N3CCOCC3)C(=O)O)cn12. The number of carboxylic acids is 1. The quantitative estimate of drug-likeness (QED) is 0.612. The molecule has 5 fully saturated rings. The normalized spacial score (nSPS) is 29.9. The van der Waals surface area contributed by atoms with Crippen LogP contribution < -0.4 is 5.32 Å². The molecule has 5 aliphatic rings. The lowest BCUT2D eigenvalue weighted by Crippen LogP contribution is -2.51. The first-order chi connectivity index (χ1) is 17.4. The monoisotopic (exact) mass is 494 g/mol. The molecule has 36 heavy (non-hydrogen) atoms. The predicted molar refractivity (Wildman–Crippen MR) is 131 cm³/mol. The molecule has 1 aliphatic heterocycles. The molecule has 0 spiro atoms. The van der Waals surface area contributed by atoms with Crippen molar-refractivity contribution in [2.24, 2.45) is 23.2 Å². The van der Waals surface area contributed by atoms with Crippen LogP contribution in [0, 0.1) is 23.2 Å². The second kappa shape index (κ2) is 9.18. The molecule has 2 N–H and O–H groups in total. The molecule has 0 radical (unpaired) electrons. The van der Waals surface area contributed by atoms with Crippen molar-refractivity contribution < 1.29 is 24.2 Å². The van der Waals surface area contributed by atoms with Crippen LogP contribution in [-0.2, 0) is 14.3 Å². The summed E-state index contributed by atoms with van der Waals surface area (Å²) in [4.78, 5) is 44.3. The average Bonchev–Trinajstić information content (AvgIpc) is 3.29. The number of nitrogens with zero attached hydrogens (tertiary/aromatic N) is 3. The van der Waals surface area contributed by atoms with Gasteiger partial charge >= 0.3 is 5.97 Å². The summed E-state index contributed by atoms with van der Waals surface area (Å²) in [6.07, 6.45) is 9.17. The van der Waals surface area contributed by atoms with Gasteiger partial charge in [-0.25, -0.2) is 4.98 Å². The van der Waals surface area contributed by atoms with Crippen LogP contribution in [-0.4, -0.2) is 70.0 Å². The van der Waals surface area contributed by atoms with E-state index in [1.807, 2.05) is 0 Å². The standard InChI is InChI=1S/C27H34N4O5/c32-24(30-4-6-36-7-5-30)11-20(26(34)35)21-15-31-22(2-1-3-23(31)29-21)25(33)28-16-27-12-17-8-18(13-27)10-19(9-17)14-27/h1-3,15,17-20H,4-14,16H2,(H,28,33)(H,34,35). The van der Waals surface area contributed by atoms with E-state index in [2.05, 4.69) is 10.3 Å². The minimum absolute atomic E-state index is 0.170. The van der Waals surface area contributed by atoms with Gasteiger partial charge in [-0.2, -0.15) is 0 Å². The molecular formula is C27H34N4O5. The van der Waals surface area contributed by atoms with Gasteiger partial charge in [-0.1, -0.05) is 6.07 Å². The smallest absolute Gasteiger partial charge is 0.313 e. The van der Waals surface area contributed by atoms with Crippen molar-refractivity contribution >= 4 is 23.4 Å². The Balaban J connectivity index is 1.19. The average molecular weight is 495 g/mol. The summed E-state index contributed by atoms with van der Waals surface area (Å²) in [5, 5.41) is 13.1. The van der Waals surface area contributed by atoms with E-state index < -0.39 is 11.9 Å². The summed E-state index contributed by atoms with van der Waals surface area (Å²) in [6, 6.07) is 5.25. The maximum Gasteiger partial charge on any atom is 0.313 e. The maximum atomic E-state index is 13.3. The number of nitrogens with one attached hydrogen (secondary N) is 1. The third-order valence-corrected chi connectivity index (χ3v) is 8.93. The third kappa shape index (κ3) is 4.38. The van der Waals surface area contributed by atoms with Crippen molar-refractivity contribution in [3.63, 3.8) is 0 Å². The van der Waals surface area contributed by atoms with E-state index in [-0.39, 0.29) is 29.3 Å². The van der Waals surface area contributed by atoms with E-state index in [0.29, 0.717) is 44.2 Å². The number of aliphatic carboxylic acids is 1. The highest BCUT2D eigenvalue weighted by molar-refractivity contribution is 5.93. The van der Waals surface area contributed by atoms with Crippen LogP contribution in [0.1, 0.15) is 67.0 Å². The van der Waals surface area contributed by atoms with Gasteiger partial charge in [0, 0.05) is 32.3 Å². The van der Waals surface area contributed by atoms with Crippen LogP contribution in [0.15, 0.2) is 24.4 Å². The number of carbonyl (C=O) groups is 3. The van der Waals surface area contributed by atoms with Gasteiger partial charge < -0.3 is 20.1 Å². The van der Waals surface area contributed by atoms with Crippen LogP contribution in [0.25, 0.3) is 5.65 Å². The number of aromatic nitrogens is 2. The number of carboxylic acid groups (broad SMARTS) is 1. The number of ether oxygens (including phenoxy) is 1. The maximum absolute atomic E-state index is 13.3. The molecule has 3 heterocycles. The predicted octanol–water partition coefficient (Wildman–Crippen LogP) is 2.70. The first-order valence-electron chi connectivity index (χ1n) is 13.2. The van der Waals surface area contributed by atoms with Crippen LogP contribution >= 0.6 is 0 Å². The molecule has 7 rings (SSSR count). The summed E-state index contributed by atoms with van der Waals surface area (Å²) in [7, 11) is 0. The molecule has 2 aromatic heterocycles. The van der Waals surface area contributed by atoms with Gasteiger partial charge in [0.15, 0.2) is 0 Å². The van der Waals surface area contributed by atoms with Crippen molar-refractivity contribution in [1.29, 1.82) is 0 Å². The summed E-state index contributed by atoms with van der Waals surface area (Å²) >= 11 is 0. The van der Waals surface area contributed by atoms with Gasteiger partial charge in [0.25, 0.3) is 5.91 Å². The van der Waals surface area contributed by atoms with E-state index in [9.17, 15) is 19.5 Å². The Morgan fingerprint density at radius 2 is 1.75 bits per heavy atom. The van der Waals surface area contributed by atoms with Gasteiger partial charge in [-0.05, 0) is 73.8 Å². The second-order valence-corrected chi connectivity index (χ2v) is 11.5. The molecule has 2 amide bonds. The first-order valence-corrected chi connectivity index (χ1v) is 13.2. The van der Waals surface area contributed by atoms with Gasteiger partial charge in [-0.3, -0.25) is 18.8 Å². The molecule has 2 aromatic rings. The Labute approximate surface area is 210 Å². The fraction of sp³-hybridized carbons (Fsp3) is 0.630. The Morgan fingerprint density at radius 1 is 1.08 bits per heavy atom. The summed E-state index contributed by atoms with van der Waals surface area (Å²) in [6.45, 7) is 2.53. The summed E-state index contributed by atoms with van der Waals surface area (Å²) < 4.78 is 6.94. The molecule has 0 aromatic carbocycles. The number of rotatable bonds is 7. The Hall–Kier alpha value is -2.94. The molecule has 192 valence electrons. The number of fused-ring (bicyclic) bond motifs is 1. The minimum atomic E-state index is -1.10. The molecule has 4 saturated carbocycles. The summed E-state index contributed by atoms with van der Waals surface area (Å²) in [5.41, 5.74) is 1.44. The molecule has 1 unspecified atom stereocenters. The van der Waals surface area contributed by atoms with Crippen molar-refractivity contribution in [3.05, 3.63) is 35.8 Å². The van der Waals surface area contributed by atoms with Crippen LogP contribution in [0.4, 0.5) is 0 Å². The topological polar surface area (TPSA) is 113 Å². The van der Waals surface area contributed by atoms with Crippen molar-refractivity contribution in [3.8, 4) is 0 Å². The first kappa shape index (κ1) is 23.5. The van der Waals surface area contributed by atoms with Gasteiger partial charge in [0.05, 0.1) is 18.9 Å². The number of imidazole rings is 1. The van der Waals surface area contributed by atoms with Crippen LogP contribution in [0.2, 0.25) is 0 Å². The highest BCUT2D eigenvalue weighted by atomic mass is 16.5. The van der Waals surface area contributed by atoms with Gasteiger partial charge in [0.2, 0.25) is 5.91 Å². The lowest BCUT2D eigenvalue weighted by atomic mass is 9.49. The fourth-order valence-corrected chi connectivity index (χ4v) is 7.68. The third-order valence-electron chi connectivity index (χ3n) is 8.93. The molecule has 4 bridgehead atoms. The summed E-state index contributed by atoms with van der Waals surface area (Å²) in [5.74, 6) is -0.119. The lowest BCUT2D eigenvalue weighted by Gasteiger charge is -2.56. The molecule has 1 atom stereocenters. The molecular weight excluding hydrogens is 460 g/mol. The zero-order chi connectivity index (χ0) is 24.9. The Kier molecular flexibility index (Phi) is 5.98. The Bertz CT molecular complexity index is 1150. The molecule has 9 heteroatoms. The number of carbonyl (C=O) groups excluding carboxylic acids is 2. The molecule has 9 nitrogen and oxygen atoms in total. The van der Waals surface area contributed by atoms with Crippen LogP contribution in [0.3, 0.4) is 0 Å². The van der Waals surface area contributed by atoms with Crippen molar-refractivity contribution in [1.82, 2.24) is 19.6 Å². The number of hydrogen-bond acceptors (Lipinski definition) is 5. The molecule has 4 aliphatic carbocycles. The van der Waals surface area contributed by atoms with E-state index in [4.69, 9.17) is 4.74 Å². The van der Waals surface area contributed by atoms with Crippen LogP contribution in [0.5, 0.6) is 0 Å². The van der Waals surface area contributed by atoms with E-state index in [1.54, 1.807) is 33.7 Å². The van der Waals surface area contributed by atoms with Crippen molar-refractivity contribution in [2.75, 3.05) is 32.8 Å². The lowest BCUT2D eigenvalue weighted by molar-refractivity contribution is -0.144. The van der Waals surface area contributed by atoms with Gasteiger partial charge in [0.1, 0.15) is 17.3 Å². The second-order valence-electron chi connectivity index (χ2n) is 11.5. The number of amides is 2. The molecule has 1 saturated heterocycles. The number of pyridine rings is 1. The fourth-order valence-electron chi connectivity index (χ4n) is 7.68. The highest BCUT2D eigenvalue weighted by Crippen LogP contribution is 2.59. The van der Waals surface area contributed by atoms with Crippen molar-refractivity contribution in [2.45, 2.75) is 50.9 Å². The number of morpholine rings is 1.